The quantitative estimate of drug-likeness (QED) is 0.907. The first-order valence-corrected chi connectivity index (χ1v) is 9.00. The Labute approximate surface area is 142 Å². The largest absolute Gasteiger partial charge is 0.490 e. The average molecular weight is 327 g/mol. The molecule has 3 heterocycles. The second-order valence-electron chi connectivity index (χ2n) is 7.02. The molecule has 1 amide bonds. The number of aromatic nitrogens is 1. The molecule has 4 rings (SSSR count). The third-order valence-corrected chi connectivity index (χ3v) is 5.27. The van der Waals surface area contributed by atoms with Crippen molar-refractivity contribution in [3.05, 3.63) is 30.5 Å². The van der Waals surface area contributed by atoms with Crippen LogP contribution in [0.15, 0.2) is 30.5 Å². The van der Waals surface area contributed by atoms with Crippen molar-refractivity contribution in [2.75, 3.05) is 26.2 Å². The van der Waals surface area contributed by atoms with Gasteiger partial charge in [-0.05, 0) is 43.4 Å². The summed E-state index contributed by atoms with van der Waals surface area (Å²) >= 11 is 0. The van der Waals surface area contributed by atoms with Crippen molar-refractivity contribution in [3.63, 3.8) is 0 Å². The lowest BCUT2D eigenvalue weighted by Gasteiger charge is -2.35. The summed E-state index contributed by atoms with van der Waals surface area (Å²) in [6.45, 7) is 4.10. The Morgan fingerprint density at radius 1 is 1.17 bits per heavy atom. The Balaban J connectivity index is 1.28. The minimum atomic E-state index is 0.206. The van der Waals surface area contributed by atoms with Crippen LogP contribution in [0.2, 0.25) is 0 Å². The number of nitrogens with zero attached hydrogens (tertiary/aromatic N) is 1. The van der Waals surface area contributed by atoms with Gasteiger partial charge in [-0.15, -0.1) is 0 Å². The molecule has 1 atom stereocenters. The number of amides is 1. The van der Waals surface area contributed by atoms with E-state index in [9.17, 15) is 4.79 Å². The fourth-order valence-electron chi connectivity index (χ4n) is 3.85. The lowest BCUT2D eigenvalue weighted by molar-refractivity contribution is -0.123. The molecule has 0 radical (unpaired) electrons. The molecule has 1 aromatic carbocycles. The van der Waals surface area contributed by atoms with E-state index in [1.54, 1.807) is 0 Å². The van der Waals surface area contributed by atoms with Gasteiger partial charge >= 0.3 is 0 Å². The molecule has 0 saturated carbocycles. The highest BCUT2D eigenvalue weighted by atomic mass is 16.5. The molecule has 1 unspecified atom stereocenters. The van der Waals surface area contributed by atoms with E-state index in [0.29, 0.717) is 18.4 Å². The van der Waals surface area contributed by atoms with Gasteiger partial charge in [0.25, 0.3) is 0 Å². The Morgan fingerprint density at radius 2 is 2.04 bits per heavy atom. The van der Waals surface area contributed by atoms with Crippen LogP contribution in [0.3, 0.4) is 0 Å². The summed E-state index contributed by atoms with van der Waals surface area (Å²) in [6, 6.07) is 8.26. The van der Waals surface area contributed by atoms with Crippen LogP contribution >= 0.6 is 0 Å². The monoisotopic (exact) mass is 327 g/mol. The molecule has 2 saturated heterocycles. The van der Waals surface area contributed by atoms with Crippen molar-refractivity contribution in [1.29, 1.82) is 0 Å². The number of aromatic amines is 1. The summed E-state index contributed by atoms with van der Waals surface area (Å²) in [6.07, 6.45) is 6.11. The van der Waals surface area contributed by atoms with Crippen molar-refractivity contribution in [2.45, 2.75) is 31.8 Å². The molecular weight excluding hydrogens is 302 g/mol. The standard InChI is InChI=1S/C19H25N3O2/c23-19-5-4-14(12-21-19)13-22-10-7-15(8-11-22)24-18-3-1-2-17-16(18)6-9-20-17/h1-3,6,9,14-15,20H,4-5,7-8,10-13H2,(H,21,23). The second-order valence-corrected chi connectivity index (χ2v) is 7.02. The van der Waals surface area contributed by atoms with E-state index in [2.05, 4.69) is 33.4 Å². The minimum absolute atomic E-state index is 0.206. The normalized spacial score (nSPS) is 23.3. The zero-order valence-electron chi connectivity index (χ0n) is 14.0. The van der Waals surface area contributed by atoms with Gasteiger partial charge in [-0.1, -0.05) is 6.07 Å². The Morgan fingerprint density at radius 3 is 2.83 bits per heavy atom. The van der Waals surface area contributed by atoms with Crippen molar-refractivity contribution >= 4 is 16.8 Å². The highest BCUT2D eigenvalue weighted by molar-refractivity contribution is 5.85. The van der Waals surface area contributed by atoms with Crippen LogP contribution in [0, 0.1) is 5.92 Å². The second kappa shape index (κ2) is 6.85. The van der Waals surface area contributed by atoms with Crippen LogP contribution in [0.1, 0.15) is 25.7 Å². The summed E-state index contributed by atoms with van der Waals surface area (Å²) in [5, 5.41) is 4.15. The number of carbonyl (C=O) groups is 1. The predicted molar refractivity (Wildman–Crippen MR) is 94.1 cm³/mol. The van der Waals surface area contributed by atoms with E-state index in [1.807, 2.05) is 12.3 Å². The van der Waals surface area contributed by atoms with Crippen LogP contribution in [0.5, 0.6) is 5.75 Å². The van der Waals surface area contributed by atoms with E-state index in [-0.39, 0.29) is 5.91 Å². The van der Waals surface area contributed by atoms with Gasteiger partial charge < -0.3 is 19.9 Å². The molecule has 0 bridgehead atoms. The summed E-state index contributed by atoms with van der Waals surface area (Å²) < 4.78 is 6.28. The van der Waals surface area contributed by atoms with E-state index in [4.69, 9.17) is 4.74 Å². The summed E-state index contributed by atoms with van der Waals surface area (Å²) in [5.41, 5.74) is 1.13. The summed E-state index contributed by atoms with van der Waals surface area (Å²) in [5.74, 6) is 1.80. The fourth-order valence-corrected chi connectivity index (χ4v) is 3.85. The average Bonchev–Trinajstić information content (AvgIpc) is 3.08. The van der Waals surface area contributed by atoms with Gasteiger partial charge in [0.05, 0.1) is 0 Å². The first-order chi connectivity index (χ1) is 11.8. The number of hydrogen-bond donors (Lipinski definition) is 2. The Kier molecular flexibility index (Phi) is 4.43. The number of carbonyl (C=O) groups excluding carboxylic acids is 1. The summed E-state index contributed by atoms with van der Waals surface area (Å²) in [4.78, 5) is 17.0. The van der Waals surface area contributed by atoms with Crippen molar-refractivity contribution in [1.82, 2.24) is 15.2 Å². The summed E-state index contributed by atoms with van der Waals surface area (Å²) in [7, 11) is 0. The van der Waals surface area contributed by atoms with Crippen LogP contribution in [0.4, 0.5) is 0 Å². The maximum atomic E-state index is 11.2. The van der Waals surface area contributed by atoms with Crippen LogP contribution in [-0.4, -0.2) is 48.1 Å². The van der Waals surface area contributed by atoms with Gasteiger partial charge in [-0.25, -0.2) is 0 Å². The minimum Gasteiger partial charge on any atom is -0.490 e. The molecule has 2 aromatic rings. The smallest absolute Gasteiger partial charge is 0.220 e. The van der Waals surface area contributed by atoms with E-state index < -0.39 is 0 Å². The van der Waals surface area contributed by atoms with Gasteiger partial charge in [0, 0.05) is 49.7 Å². The Hall–Kier alpha value is -2.01. The molecular formula is C19H25N3O2. The molecule has 2 aliphatic rings. The predicted octanol–water partition coefficient (Wildman–Crippen LogP) is 2.54. The van der Waals surface area contributed by atoms with Crippen LogP contribution in [0.25, 0.3) is 10.9 Å². The van der Waals surface area contributed by atoms with E-state index in [0.717, 1.165) is 62.1 Å². The zero-order valence-corrected chi connectivity index (χ0v) is 14.0. The molecule has 2 fully saturated rings. The highest BCUT2D eigenvalue weighted by Gasteiger charge is 2.25. The lowest BCUT2D eigenvalue weighted by Crippen LogP contribution is -2.44. The zero-order chi connectivity index (χ0) is 16.4. The van der Waals surface area contributed by atoms with E-state index >= 15 is 0 Å². The third kappa shape index (κ3) is 3.41. The van der Waals surface area contributed by atoms with Crippen LogP contribution < -0.4 is 10.1 Å². The number of hydrogen-bond acceptors (Lipinski definition) is 3. The third-order valence-electron chi connectivity index (χ3n) is 5.27. The lowest BCUT2D eigenvalue weighted by atomic mass is 9.97. The number of rotatable bonds is 4. The first-order valence-electron chi connectivity index (χ1n) is 9.00. The number of nitrogens with one attached hydrogen (secondary N) is 2. The van der Waals surface area contributed by atoms with Gasteiger partial charge in [0.15, 0.2) is 0 Å². The first kappa shape index (κ1) is 15.5. The van der Waals surface area contributed by atoms with Gasteiger partial charge in [0.2, 0.25) is 5.91 Å². The molecule has 0 aliphatic carbocycles. The van der Waals surface area contributed by atoms with Gasteiger partial charge in [-0.3, -0.25) is 4.79 Å². The number of ether oxygens (including phenoxy) is 1. The maximum Gasteiger partial charge on any atom is 0.220 e. The maximum absolute atomic E-state index is 11.2. The van der Waals surface area contributed by atoms with Crippen molar-refractivity contribution in [3.8, 4) is 5.75 Å². The highest BCUT2D eigenvalue weighted by Crippen LogP contribution is 2.27. The van der Waals surface area contributed by atoms with E-state index in [1.165, 1.54) is 0 Å². The molecule has 0 spiro atoms. The molecule has 5 nitrogen and oxygen atoms in total. The number of likely N-dealkylation sites (tertiary alicyclic amines) is 1. The number of piperidine rings is 2. The number of fused-ring (bicyclic) bond motifs is 1. The van der Waals surface area contributed by atoms with Crippen molar-refractivity contribution < 1.29 is 9.53 Å². The van der Waals surface area contributed by atoms with Crippen LogP contribution in [-0.2, 0) is 4.79 Å². The van der Waals surface area contributed by atoms with Gasteiger partial charge in [-0.2, -0.15) is 0 Å². The molecule has 2 aliphatic heterocycles. The topological polar surface area (TPSA) is 57.4 Å². The fraction of sp³-hybridized carbons (Fsp3) is 0.526. The van der Waals surface area contributed by atoms with Gasteiger partial charge in [0.1, 0.15) is 11.9 Å². The SMILES string of the molecule is O=C1CCC(CN2CCC(Oc3cccc4[nH]ccc34)CC2)CN1. The number of benzene rings is 1. The molecule has 1 aromatic heterocycles. The van der Waals surface area contributed by atoms with Crippen molar-refractivity contribution in [2.24, 2.45) is 5.92 Å². The number of H-pyrrole nitrogens is 1. The Bertz CT molecular complexity index is 693. The molecule has 2 N–H and O–H groups in total. The molecule has 5 heteroatoms. The molecule has 128 valence electrons. The molecule has 24 heavy (non-hydrogen) atoms.